The number of hydrogen-bond acceptors (Lipinski definition) is 2. The zero-order chi connectivity index (χ0) is 26.2. The number of nitrogens with zero attached hydrogens (tertiary/aromatic N) is 1. The Kier molecular flexibility index (Phi) is 5.64. The minimum Gasteiger partial charge on any atom is -0.310 e. The van der Waals surface area contributed by atoms with E-state index in [2.05, 4.69) is 114 Å². The number of benzene rings is 6. The molecule has 0 unspecified atom stereocenters. The summed E-state index contributed by atoms with van der Waals surface area (Å²) in [6.07, 6.45) is 0. The van der Waals surface area contributed by atoms with Gasteiger partial charge in [0.05, 0.1) is 11.3 Å². The van der Waals surface area contributed by atoms with E-state index in [1.54, 1.807) is 0 Å². The monoisotopic (exact) mass is 499 g/mol. The second-order valence-corrected chi connectivity index (χ2v) is 9.74. The van der Waals surface area contributed by atoms with E-state index in [1.165, 1.54) is 11.1 Å². The van der Waals surface area contributed by atoms with Crippen LogP contribution in [0, 0.1) is 0 Å². The third kappa shape index (κ3) is 4.03. The first-order valence-corrected chi connectivity index (χ1v) is 13.2. The van der Waals surface area contributed by atoms with Crippen LogP contribution >= 0.6 is 0 Å². The molecule has 0 heterocycles. The number of fused-ring (bicyclic) bond motifs is 3. The SMILES string of the molecule is O=C1c2ccccc2-c2cccc(N(c3ccc(-c4ccccc4)cc3)c3ccc(-c4ccccc4)cc3)c21. The first-order chi connectivity index (χ1) is 19.3. The summed E-state index contributed by atoms with van der Waals surface area (Å²) in [6, 6.07) is 52.0. The summed E-state index contributed by atoms with van der Waals surface area (Å²) in [5, 5.41) is 0. The number of rotatable bonds is 5. The maximum atomic E-state index is 13.7. The van der Waals surface area contributed by atoms with Crippen LogP contribution in [0.25, 0.3) is 33.4 Å². The van der Waals surface area contributed by atoms with Crippen molar-refractivity contribution in [2.75, 3.05) is 4.90 Å². The van der Waals surface area contributed by atoms with Crippen LogP contribution in [0.15, 0.2) is 152 Å². The third-order valence-electron chi connectivity index (χ3n) is 7.44. The summed E-state index contributed by atoms with van der Waals surface area (Å²) < 4.78 is 0. The number of anilines is 3. The van der Waals surface area contributed by atoms with E-state index in [0.29, 0.717) is 0 Å². The van der Waals surface area contributed by atoms with Gasteiger partial charge >= 0.3 is 0 Å². The fourth-order valence-electron chi connectivity index (χ4n) is 5.53. The van der Waals surface area contributed by atoms with Gasteiger partial charge in [-0.2, -0.15) is 0 Å². The molecule has 1 aliphatic rings. The molecule has 0 fully saturated rings. The topological polar surface area (TPSA) is 20.3 Å². The third-order valence-corrected chi connectivity index (χ3v) is 7.44. The van der Waals surface area contributed by atoms with Crippen molar-refractivity contribution in [2.45, 2.75) is 0 Å². The van der Waals surface area contributed by atoms with E-state index in [0.717, 1.165) is 50.4 Å². The van der Waals surface area contributed by atoms with Gasteiger partial charge in [0.25, 0.3) is 0 Å². The van der Waals surface area contributed by atoms with E-state index >= 15 is 0 Å². The standard InChI is InChI=1S/C37H25NO/c39-37-34-15-8-7-14-32(34)33-16-9-17-35(36(33)37)38(30-22-18-28(19-23-30)26-10-3-1-4-11-26)31-24-20-29(21-25-31)27-12-5-2-6-13-27/h1-25H. The Morgan fingerprint density at radius 1 is 0.359 bits per heavy atom. The molecule has 1 aliphatic carbocycles. The van der Waals surface area contributed by atoms with Gasteiger partial charge in [0.1, 0.15) is 0 Å². The molecular weight excluding hydrogens is 474 g/mol. The van der Waals surface area contributed by atoms with Crippen molar-refractivity contribution < 1.29 is 4.79 Å². The van der Waals surface area contributed by atoms with E-state index in [-0.39, 0.29) is 5.78 Å². The fourth-order valence-corrected chi connectivity index (χ4v) is 5.53. The molecule has 0 spiro atoms. The molecule has 0 aliphatic heterocycles. The van der Waals surface area contributed by atoms with Crippen LogP contribution in [0.2, 0.25) is 0 Å². The van der Waals surface area contributed by atoms with Gasteiger partial charge in [-0.3, -0.25) is 4.79 Å². The van der Waals surface area contributed by atoms with E-state index in [1.807, 2.05) is 42.5 Å². The lowest BCUT2D eigenvalue weighted by molar-refractivity contribution is 0.104. The lowest BCUT2D eigenvalue weighted by Crippen LogP contribution is -2.13. The minimum absolute atomic E-state index is 0.0722. The van der Waals surface area contributed by atoms with E-state index in [4.69, 9.17) is 0 Å². The Labute approximate surface area is 228 Å². The second kappa shape index (κ2) is 9.59. The number of hydrogen-bond donors (Lipinski definition) is 0. The highest BCUT2D eigenvalue weighted by atomic mass is 16.1. The van der Waals surface area contributed by atoms with Gasteiger partial charge in [0, 0.05) is 16.9 Å². The van der Waals surface area contributed by atoms with Gasteiger partial charge < -0.3 is 4.90 Å². The molecule has 0 atom stereocenters. The normalized spacial score (nSPS) is 11.6. The molecule has 6 aromatic carbocycles. The molecule has 0 N–H and O–H groups in total. The number of ketones is 1. The number of carbonyl (C=O) groups excluding carboxylic acids is 1. The maximum Gasteiger partial charge on any atom is 0.196 e. The molecule has 0 amide bonds. The molecule has 0 radical (unpaired) electrons. The molecular formula is C37H25NO. The second-order valence-electron chi connectivity index (χ2n) is 9.74. The molecule has 0 bridgehead atoms. The predicted molar refractivity (Wildman–Crippen MR) is 161 cm³/mol. The highest BCUT2D eigenvalue weighted by molar-refractivity contribution is 6.25. The van der Waals surface area contributed by atoms with Crippen LogP contribution in [0.4, 0.5) is 17.1 Å². The lowest BCUT2D eigenvalue weighted by Gasteiger charge is -2.27. The van der Waals surface area contributed by atoms with Crippen molar-refractivity contribution in [2.24, 2.45) is 0 Å². The van der Waals surface area contributed by atoms with Crippen molar-refractivity contribution in [3.8, 4) is 33.4 Å². The summed E-state index contributed by atoms with van der Waals surface area (Å²) in [6.45, 7) is 0. The molecule has 6 aromatic rings. The van der Waals surface area contributed by atoms with Crippen molar-refractivity contribution in [1.82, 2.24) is 0 Å². The summed E-state index contributed by atoms with van der Waals surface area (Å²) in [5.41, 5.74) is 11.0. The van der Waals surface area contributed by atoms with Crippen molar-refractivity contribution in [1.29, 1.82) is 0 Å². The smallest absolute Gasteiger partial charge is 0.196 e. The summed E-state index contributed by atoms with van der Waals surface area (Å²) in [7, 11) is 0. The van der Waals surface area contributed by atoms with Crippen molar-refractivity contribution in [3.05, 3.63) is 163 Å². The Balaban J connectivity index is 1.37. The summed E-state index contributed by atoms with van der Waals surface area (Å²) in [5.74, 6) is 0.0722. The van der Waals surface area contributed by atoms with Crippen LogP contribution < -0.4 is 4.90 Å². The zero-order valence-corrected chi connectivity index (χ0v) is 21.3. The summed E-state index contributed by atoms with van der Waals surface area (Å²) in [4.78, 5) is 15.9. The fraction of sp³-hybridized carbons (Fsp3) is 0. The quantitative estimate of drug-likeness (QED) is 0.235. The van der Waals surface area contributed by atoms with Gasteiger partial charge in [0.15, 0.2) is 5.78 Å². The van der Waals surface area contributed by atoms with Crippen molar-refractivity contribution >= 4 is 22.8 Å². The molecule has 0 aromatic heterocycles. The van der Waals surface area contributed by atoms with E-state index < -0.39 is 0 Å². The Bertz CT molecular complexity index is 1700. The van der Waals surface area contributed by atoms with Crippen LogP contribution in [0.5, 0.6) is 0 Å². The average Bonchev–Trinajstić information content (AvgIpc) is 3.31. The molecule has 0 saturated carbocycles. The van der Waals surface area contributed by atoms with Crippen LogP contribution in [-0.2, 0) is 0 Å². The molecule has 0 saturated heterocycles. The first kappa shape index (κ1) is 22.9. The van der Waals surface area contributed by atoms with Crippen molar-refractivity contribution in [3.63, 3.8) is 0 Å². The van der Waals surface area contributed by atoms with Gasteiger partial charge in [-0.25, -0.2) is 0 Å². The van der Waals surface area contributed by atoms with Crippen LogP contribution in [0.1, 0.15) is 15.9 Å². The average molecular weight is 500 g/mol. The van der Waals surface area contributed by atoms with Gasteiger partial charge in [-0.05, 0) is 63.7 Å². The van der Waals surface area contributed by atoms with Gasteiger partial charge in [-0.1, -0.05) is 121 Å². The molecule has 184 valence electrons. The Hall–Kier alpha value is -5.21. The zero-order valence-electron chi connectivity index (χ0n) is 21.3. The molecule has 2 nitrogen and oxygen atoms in total. The molecule has 2 heteroatoms. The molecule has 7 rings (SSSR count). The largest absolute Gasteiger partial charge is 0.310 e. The lowest BCUT2D eigenvalue weighted by atomic mass is 10.0. The highest BCUT2D eigenvalue weighted by Gasteiger charge is 2.31. The Morgan fingerprint density at radius 2 is 0.795 bits per heavy atom. The number of carbonyl (C=O) groups is 1. The van der Waals surface area contributed by atoms with Crippen LogP contribution in [0.3, 0.4) is 0 Å². The maximum absolute atomic E-state index is 13.7. The highest BCUT2D eigenvalue weighted by Crippen LogP contribution is 2.45. The van der Waals surface area contributed by atoms with Crippen LogP contribution in [-0.4, -0.2) is 5.78 Å². The van der Waals surface area contributed by atoms with Gasteiger partial charge in [-0.15, -0.1) is 0 Å². The summed E-state index contributed by atoms with van der Waals surface area (Å²) >= 11 is 0. The van der Waals surface area contributed by atoms with Gasteiger partial charge in [0.2, 0.25) is 0 Å². The van der Waals surface area contributed by atoms with E-state index in [9.17, 15) is 4.79 Å². The Morgan fingerprint density at radius 3 is 1.33 bits per heavy atom. The minimum atomic E-state index is 0.0722. The first-order valence-electron chi connectivity index (χ1n) is 13.2. The molecule has 39 heavy (non-hydrogen) atoms. The predicted octanol–water partition coefficient (Wildman–Crippen LogP) is 9.70.